The van der Waals surface area contributed by atoms with Gasteiger partial charge in [0.15, 0.2) is 11.6 Å². The molecule has 0 heterocycles. The zero-order valence-electron chi connectivity index (χ0n) is 16.6. The lowest BCUT2D eigenvalue weighted by molar-refractivity contribution is 0.439. The third-order valence-electron chi connectivity index (χ3n) is 5.19. The van der Waals surface area contributed by atoms with Gasteiger partial charge < -0.3 is 4.74 Å². The topological polar surface area (TPSA) is 9.23 Å². The van der Waals surface area contributed by atoms with Gasteiger partial charge in [-0.3, -0.25) is 0 Å². The molecule has 1 nitrogen and oxygen atoms in total. The molecule has 0 N–H and O–H groups in total. The molecule has 3 heteroatoms. The van der Waals surface area contributed by atoms with E-state index in [1.807, 2.05) is 42.5 Å². The average Bonchev–Trinajstić information content (AvgIpc) is 2.67. The minimum Gasteiger partial charge on any atom is -0.454 e. The van der Waals surface area contributed by atoms with E-state index < -0.39 is 0 Å². The summed E-state index contributed by atoms with van der Waals surface area (Å²) in [5.41, 5.74) is 3.75. The van der Waals surface area contributed by atoms with Gasteiger partial charge in [0.2, 0.25) is 0 Å². The third-order valence-corrected chi connectivity index (χ3v) is 6.04. The summed E-state index contributed by atoms with van der Waals surface area (Å²) in [6.07, 6.45) is 2.96. The fraction of sp³-hybridized carbons (Fsp3) is 0.280. The van der Waals surface area contributed by atoms with Crippen molar-refractivity contribution in [3.8, 4) is 11.5 Å². The van der Waals surface area contributed by atoms with Crippen LogP contribution in [0.3, 0.4) is 0 Å². The van der Waals surface area contributed by atoms with Crippen LogP contribution in [0.2, 0.25) is 0 Å². The van der Waals surface area contributed by atoms with Crippen LogP contribution >= 0.6 is 15.9 Å². The molecule has 0 amide bonds. The second-order valence-electron chi connectivity index (χ2n) is 7.88. The van der Waals surface area contributed by atoms with Gasteiger partial charge in [0.1, 0.15) is 5.75 Å². The van der Waals surface area contributed by atoms with E-state index in [1.54, 1.807) is 0 Å². The first-order chi connectivity index (χ1) is 13.3. The molecule has 0 unspecified atom stereocenters. The summed E-state index contributed by atoms with van der Waals surface area (Å²) < 4.78 is 21.0. The van der Waals surface area contributed by atoms with Crippen molar-refractivity contribution in [2.75, 3.05) is 0 Å². The number of halogens is 2. The van der Waals surface area contributed by atoms with Crippen LogP contribution in [-0.4, -0.2) is 0 Å². The smallest absolute Gasteiger partial charge is 0.165 e. The van der Waals surface area contributed by atoms with Crippen LogP contribution in [0.25, 0.3) is 0 Å². The molecule has 28 heavy (non-hydrogen) atoms. The van der Waals surface area contributed by atoms with E-state index in [1.165, 1.54) is 17.2 Å². The molecule has 0 saturated carbocycles. The van der Waals surface area contributed by atoms with E-state index in [9.17, 15) is 4.39 Å². The van der Waals surface area contributed by atoms with Gasteiger partial charge in [-0.1, -0.05) is 66.2 Å². The van der Waals surface area contributed by atoms with E-state index in [2.05, 4.69) is 54.9 Å². The van der Waals surface area contributed by atoms with Crippen LogP contribution in [-0.2, 0) is 11.8 Å². The Morgan fingerprint density at radius 2 is 1.71 bits per heavy atom. The van der Waals surface area contributed by atoms with E-state index in [4.69, 9.17) is 4.74 Å². The largest absolute Gasteiger partial charge is 0.454 e. The monoisotopic (exact) mass is 440 g/mol. The van der Waals surface area contributed by atoms with Gasteiger partial charge in [0, 0.05) is 4.47 Å². The molecule has 146 valence electrons. The zero-order valence-corrected chi connectivity index (χ0v) is 18.2. The Morgan fingerprint density at radius 3 is 2.43 bits per heavy atom. The number of hydrogen-bond donors (Lipinski definition) is 0. The Bertz CT molecular complexity index is 935. The predicted octanol–water partition coefficient (Wildman–Crippen LogP) is 7.99. The number of ether oxygens (including phenoxy) is 1. The zero-order chi connectivity index (χ0) is 20.1. The number of aryl methyl sites for hydroxylation is 2. The number of benzene rings is 3. The van der Waals surface area contributed by atoms with Crippen molar-refractivity contribution >= 4 is 15.9 Å². The molecule has 0 aliphatic heterocycles. The molecule has 0 fully saturated rings. The van der Waals surface area contributed by atoms with Crippen molar-refractivity contribution in [2.24, 2.45) is 0 Å². The molecule has 0 saturated heterocycles. The van der Waals surface area contributed by atoms with Crippen LogP contribution < -0.4 is 4.74 Å². The first-order valence-electron chi connectivity index (χ1n) is 9.63. The summed E-state index contributed by atoms with van der Waals surface area (Å²) in [5.74, 6) is 0.590. The lowest BCUT2D eigenvalue weighted by Crippen LogP contribution is -2.17. The minimum atomic E-state index is -0.336. The molecule has 3 aromatic carbocycles. The lowest BCUT2D eigenvalue weighted by atomic mass is 9.79. The van der Waals surface area contributed by atoms with Gasteiger partial charge in [0.25, 0.3) is 0 Å². The normalized spacial score (nSPS) is 11.5. The van der Waals surface area contributed by atoms with Gasteiger partial charge in [-0.05, 0) is 78.6 Å². The van der Waals surface area contributed by atoms with Gasteiger partial charge in [-0.25, -0.2) is 4.39 Å². The van der Waals surface area contributed by atoms with Gasteiger partial charge in [-0.15, -0.1) is 0 Å². The fourth-order valence-corrected chi connectivity index (χ4v) is 3.67. The Kier molecular flexibility index (Phi) is 6.56. The maximum absolute atomic E-state index is 14.1. The summed E-state index contributed by atoms with van der Waals surface area (Å²) in [6.45, 7) is 6.65. The summed E-state index contributed by atoms with van der Waals surface area (Å²) in [5, 5.41) is 0. The predicted molar refractivity (Wildman–Crippen MR) is 118 cm³/mol. The highest BCUT2D eigenvalue weighted by atomic mass is 79.9. The first kappa shape index (κ1) is 20.6. The molecule has 0 aromatic heterocycles. The molecule has 0 bridgehead atoms. The number of hydrogen-bond acceptors (Lipinski definition) is 1. The Balaban J connectivity index is 1.64. The molecule has 0 aliphatic rings. The second-order valence-corrected chi connectivity index (χ2v) is 8.74. The van der Waals surface area contributed by atoms with Gasteiger partial charge in [-0.2, -0.15) is 0 Å². The van der Waals surface area contributed by atoms with E-state index in [0.29, 0.717) is 5.75 Å². The molecular formula is C25H26BrFO. The van der Waals surface area contributed by atoms with Crippen molar-refractivity contribution in [3.63, 3.8) is 0 Å². The van der Waals surface area contributed by atoms with Crippen LogP contribution in [0.5, 0.6) is 11.5 Å². The third kappa shape index (κ3) is 5.23. The first-order valence-corrected chi connectivity index (χ1v) is 10.4. The molecule has 0 aliphatic carbocycles. The number of para-hydroxylation sites is 1. The summed E-state index contributed by atoms with van der Waals surface area (Å²) in [4.78, 5) is 0. The van der Waals surface area contributed by atoms with Crippen LogP contribution in [0, 0.1) is 12.7 Å². The molecule has 3 rings (SSSR count). The standard InChI is InChI=1S/C25H26BrFO/c1-18-11-13-20(17-22(18)26)25(2,3)15-7-8-19-12-14-23(27)24(16-19)28-21-9-5-4-6-10-21/h4-6,9-14,16-17H,7-8,15H2,1-3H3. The minimum absolute atomic E-state index is 0.0830. The van der Waals surface area contributed by atoms with Crippen molar-refractivity contribution in [1.82, 2.24) is 0 Å². The highest BCUT2D eigenvalue weighted by molar-refractivity contribution is 9.10. The summed E-state index contributed by atoms with van der Waals surface area (Å²) in [7, 11) is 0. The fourth-order valence-electron chi connectivity index (χ4n) is 3.29. The quantitative estimate of drug-likeness (QED) is 0.361. The molecule has 0 radical (unpaired) electrons. The van der Waals surface area contributed by atoms with Crippen LogP contribution in [0.1, 0.15) is 43.4 Å². The molecule has 0 atom stereocenters. The van der Waals surface area contributed by atoms with E-state index in [-0.39, 0.29) is 17.0 Å². The number of rotatable bonds is 7. The van der Waals surface area contributed by atoms with Crippen molar-refractivity contribution < 1.29 is 9.13 Å². The highest BCUT2D eigenvalue weighted by Gasteiger charge is 2.20. The Hall–Kier alpha value is -2.13. The maximum atomic E-state index is 14.1. The average molecular weight is 441 g/mol. The SMILES string of the molecule is Cc1ccc(C(C)(C)CCCc2ccc(F)c(Oc3ccccc3)c2)cc1Br. The van der Waals surface area contributed by atoms with Gasteiger partial charge >= 0.3 is 0 Å². The summed E-state index contributed by atoms with van der Waals surface area (Å²) in [6, 6.07) is 21.1. The maximum Gasteiger partial charge on any atom is 0.165 e. The van der Waals surface area contributed by atoms with Crippen LogP contribution in [0.4, 0.5) is 4.39 Å². The Labute approximate surface area is 175 Å². The van der Waals surface area contributed by atoms with Crippen molar-refractivity contribution in [2.45, 2.75) is 45.4 Å². The Morgan fingerprint density at radius 1 is 0.964 bits per heavy atom. The molecular weight excluding hydrogens is 415 g/mol. The second kappa shape index (κ2) is 8.91. The van der Waals surface area contributed by atoms with Crippen LogP contribution in [0.15, 0.2) is 71.2 Å². The van der Waals surface area contributed by atoms with E-state index in [0.717, 1.165) is 29.3 Å². The van der Waals surface area contributed by atoms with Crippen molar-refractivity contribution in [3.05, 3.63) is 93.7 Å². The molecule has 3 aromatic rings. The molecule has 0 spiro atoms. The van der Waals surface area contributed by atoms with E-state index >= 15 is 0 Å². The highest BCUT2D eigenvalue weighted by Crippen LogP contribution is 2.32. The van der Waals surface area contributed by atoms with Crippen molar-refractivity contribution in [1.29, 1.82) is 0 Å². The van der Waals surface area contributed by atoms with Gasteiger partial charge in [0.05, 0.1) is 0 Å². The lowest BCUT2D eigenvalue weighted by Gasteiger charge is -2.26. The summed E-state index contributed by atoms with van der Waals surface area (Å²) >= 11 is 3.64.